The SMILES string of the molecule is CC(C)c1ccc(C(=O)c2ccc(Oc3ccc(C4(c5ccc(OC(C)(C)c6ccc(C(=O)c7ccc(C(C)(C)F)cc7)cc6)cc5)c5ccccc5C5C=CC=CC54)cc3)cc2)cc1. The third kappa shape index (κ3) is 8.28. The summed E-state index contributed by atoms with van der Waals surface area (Å²) < 4.78 is 27.5. The topological polar surface area (TPSA) is 52.6 Å². The molecular formula is C60H53FO4. The lowest BCUT2D eigenvalue weighted by Gasteiger charge is -2.39. The van der Waals surface area contributed by atoms with Crippen LogP contribution in [0.15, 0.2) is 194 Å². The summed E-state index contributed by atoms with van der Waals surface area (Å²) in [7, 11) is 0. The summed E-state index contributed by atoms with van der Waals surface area (Å²) in [5.41, 5.74) is 7.21. The van der Waals surface area contributed by atoms with E-state index < -0.39 is 16.7 Å². The van der Waals surface area contributed by atoms with E-state index in [4.69, 9.17) is 9.47 Å². The molecule has 5 heteroatoms. The van der Waals surface area contributed by atoms with Gasteiger partial charge in [0.15, 0.2) is 11.6 Å². The van der Waals surface area contributed by atoms with Crippen LogP contribution in [-0.4, -0.2) is 11.6 Å². The Kier molecular flexibility index (Phi) is 11.4. The van der Waals surface area contributed by atoms with E-state index >= 15 is 0 Å². The monoisotopic (exact) mass is 856 g/mol. The van der Waals surface area contributed by atoms with Crippen molar-refractivity contribution in [3.8, 4) is 17.2 Å². The summed E-state index contributed by atoms with van der Waals surface area (Å²) in [6.07, 6.45) is 8.98. The van der Waals surface area contributed by atoms with E-state index in [2.05, 4.69) is 98.8 Å². The molecular weight excluding hydrogens is 804 g/mol. The largest absolute Gasteiger partial charge is 0.483 e. The van der Waals surface area contributed by atoms with Gasteiger partial charge in [-0.2, -0.15) is 0 Å². The van der Waals surface area contributed by atoms with Crippen molar-refractivity contribution < 1.29 is 23.5 Å². The number of rotatable bonds is 13. The number of hydrogen-bond acceptors (Lipinski definition) is 4. The number of benzene rings is 7. The van der Waals surface area contributed by atoms with E-state index in [1.165, 1.54) is 30.5 Å². The minimum Gasteiger partial charge on any atom is -0.483 e. The zero-order chi connectivity index (χ0) is 45.5. The van der Waals surface area contributed by atoms with Gasteiger partial charge in [0.1, 0.15) is 28.5 Å². The molecule has 2 aliphatic rings. The Hall–Kier alpha value is -7.11. The van der Waals surface area contributed by atoms with Crippen molar-refractivity contribution in [2.24, 2.45) is 5.92 Å². The molecule has 7 aromatic rings. The summed E-state index contributed by atoms with van der Waals surface area (Å²) in [6.45, 7) is 11.3. The van der Waals surface area contributed by atoms with Crippen LogP contribution in [-0.2, 0) is 16.7 Å². The number of fused-ring (bicyclic) bond motifs is 3. The zero-order valence-electron chi connectivity index (χ0n) is 37.7. The molecule has 0 saturated heterocycles. The molecule has 0 amide bonds. The first-order valence-electron chi connectivity index (χ1n) is 22.4. The molecule has 0 spiro atoms. The van der Waals surface area contributed by atoms with Gasteiger partial charge in [-0.1, -0.05) is 159 Å². The molecule has 0 radical (unpaired) electrons. The zero-order valence-corrected chi connectivity index (χ0v) is 37.7. The molecule has 2 aliphatic carbocycles. The number of ketones is 2. The van der Waals surface area contributed by atoms with Crippen LogP contribution in [0.1, 0.15) is 124 Å². The summed E-state index contributed by atoms with van der Waals surface area (Å²) in [4.78, 5) is 26.6. The van der Waals surface area contributed by atoms with Crippen LogP contribution in [0.5, 0.6) is 17.2 Å². The van der Waals surface area contributed by atoms with Gasteiger partial charge < -0.3 is 9.47 Å². The van der Waals surface area contributed by atoms with Crippen molar-refractivity contribution in [1.82, 2.24) is 0 Å². The van der Waals surface area contributed by atoms with Crippen LogP contribution in [0.2, 0.25) is 0 Å². The van der Waals surface area contributed by atoms with Crippen molar-refractivity contribution in [1.29, 1.82) is 0 Å². The highest BCUT2D eigenvalue weighted by Crippen LogP contribution is 2.59. The quantitative estimate of drug-likeness (QED) is 0.108. The van der Waals surface area contributed by atoms with Crippen molar-refractivity contribution in [3.63, 3.8) is 0 Å². The number of hydrogen-bond donors (Lipinski definition) is 0. The second-order valence-electron chi connectivity index (χ2n) is 18.6. The number of alkyl halides is 1. The second kappa shape index (κ2) is 17.1. The minimum absolute atomic E-state index is 0.0173. The predicted molar refractivity (Wildman–Crippen MR) is 258 cm³/mol. The molecule has 0 aromatic heterocycles. The molecule has 3 unspecified atom stereocenters. The highest BCUT2D eigenvalue weighted by Gasteiger charge is 2.52. The van der Waals surface area contributed by atoms with Gasteiger partial charge in [-0.05, 0) is 121 Å². The maximum atomic E-state index is 14.4. The van der Waals surface area contributed by atoms with Crippen molar-refractivity contribution in [3.05, 3.63) is 255 Å². The Bertz CT molecular complexity index is 2900. The number of carbonyl (C=O) groups excluding carboxylic acids is 2. The third-order valence-electron chi connectivity index (χ3n) is 13.2. The lowest BCUT2D eigenvalue weighted by molar-refractivity contribution is 0.102. The number of allylic oxidation sites excluding steroid dienone is 4. The van der Waals surface area contributed by atoms with E-state index in [0.717, 1.165) is 22.4 Å². The third-order valence-corrected chi connectivity index (χ3v) is 13.2. The standard InChI is InChI=1S/C60H53FO4/c1-39(2)40-15-17-41(18-16-40)56(62)44-23-33-49(34-24-44)64-50-35-29-47(30-36-50)60(54-13-9-7-11-52(54)53-12-8-10-14-55(53)60)48-31-37-51(38-32-48)65-59(5,6)46-27-21-43(22-28-46)57(63)42-19-25-45(26-20-42)58(3,4)61/h7-39,52,54H,1-6H3. The van der Waals surface area contributed by atoms with Crippen LogP contribution in [0.4, 0.5) is 4.39 Å². The maximum Gasteiger partial charge on any atom is 0.193 e. The van der Waals surface area contributed by atoms with Gasteiger partial charge in [-0.3, -0.25) is 9.59 Å². The number of carbonyl (C=O) groups is 2. The van der Waals surface area contributed by atoms with Crippen molar-refractivity contribution >= 4 is 11.6 Å². The van der Waals surface area contributed by atoms with Gasteiger partial charge in [0.25, 0.3) is 0 Å². The Balaban J connectivity index is 0.959. The molecule has 7 aromatic carbocycles. The highest BCUT2D eigenvalue weighted by molar-refractivity contribution is 6.09. The van der Waals surface area contributed by atoms with Gasteiger partial charge in [0.2, 0.25) is 0 Å². The molecule has 0 bridgehead atoms. The normalized spacial score (nSPS) is 17.7. The van der Waals surface area contributed by atoms with Crippen LogP contribution in [0.3, 0.4) is 0 Å². The van der Waals surface area contributed by atoms with Crippen LogP contribution in [0.25, 0.3) is 0 Å². The smallest absolute Gasteiger partial charge is 0.193 e. The van der Waals surface area contributed by atoms with Gasteiger partial charge in [-0.15, -0.1) is 0 Å². The maximum absolute atomic E-state index is 14.4. The van der Waals surface area contributed by atoms with Crippen molar-refractivity contribution in [2.45, 2.75) is 70.1 Å². The van der Waals surface area contributed by atoms with Crippen molar-refractivity contribution in [2.75, 3.05) is 0 Å². The Morgan fingerprint density at radius 3 is 1.51 bits per heavy atom. The number of halogens is 1. The Morgan fingerprint density at radius 1 is 0.538 bits per heavy atom. The molecule has 3 atom stereocenters. The van der Waals surface area contributed by atoms with Gasteiger partial charge in [0, 0.05) is 34.1 Å². The summed E-state index contributed by atoms with van der Waals surface area (Å²) in [5, 5.41) is 0. The van der Waals surface area contributed by atoms with E-state index in [0.29, 0.717) is 45.2 Å². The molecule has 4 nitrogen and oxygen atoms in total. The first kappa shape index (κ1) is 43.2. The molecule has 324 valence electrons. The lowest BCUT2D eigenvalue weighted by Crippen LogP contribution is -2.35. The fraction of sp³-hybridized carbons (Fsp3) is 0.200. The Labute approximate surface area is 382 Å². The summed E-state index contributed by atoms with van der Waals surface area (Å²) >= 11 is 0. The van der Waals surface area contributed by atoms with Crippen LogP contribution in [0, 0.1) is 5.92 Å². The van der Waals surface area contributed by atoms with Gasteiger partial charge in [0.05, 0.1) is 5.41 Å². The second-order valence-corrected chi connectivity index (χ2v) is 18.6. The predicted octanol–water partition coefficient (Wildman–Crippen LogP) is 14.8. The summed E-state index contributed by atoms with van der Waals surface area (Å²) in [5.74, 6) is 2.68. The molecule has 9 rings (SSSR count). The van der Waals surface area contributed by atoms with Crippen LogP contribution >= 0.6 is 0 Å². The fourth-order valence-electron chi connectivity index (χ4n) is 9.64. The fourth-order valence-corrected chi connectivity index (χ4v) is 9.64. The van der Waals surface area contributed by atoms with E-state index in [1.54, 1.807) is 24.3 Å². The lowest BCUT2D eigenvalue weighted by atomic mass is 9.63. The molecule has 0 saturated carbocycles. The average Bonchev–Trinajstić information content (AvgIpc) is 3.62. The molecule has 0 heterocycles. The van der Waals surface area contributed by atoms with E-state index in [9.17, 15) is 14.0 Å². The van der Waals surface area contributed by atoms with Gasteiger partial charge >= 0.3 is 0 Å². The molecule has 0 aliphatic heterocycles. The first-order valence-corrected chi connectivity index (χ1v) is 22.4. The van der Waals surface area contributed by atoms with E-state index in [1.807, 2.05) is 98.8 Å². The van der Waals surface area contributed by atoms with Gasteiger partial charge in [-0.25, -0.2) is 4.39 Å². The Morgan fingerprint density at radius 2 is 0.985 bits per heavy atom. The average molecular weight is 857 g/mol. The minimum atomic E-state index is -1.47. The summed E-state index contributed by atoms with van der Waals surface area (Å²) in [6, 6.07) is 55.1. The first-order chi connectivity index (χ1) is 31.2. The highest BCUT2D eigenvalue weighted by atomic mass is 19.1. The van der Waals surface area contributed by atoms with E-state index in [-0.39, 0.29) is 23.4 Å². The number of ether oxygens (including phenoxy) is 2. The molecule has 65 heavy (non-hydrogen) atoms. The molecule has 0 N–H and O–H groups in total. The van der Waals surface area contributed by atoms with Crippen LogP contribution < -0.4 is 9.47 Å². The molecule has 0 fully saturated rings.